The number of nitrogens with zero attached hydrogens (tertiary/aromatic N) is 1. The molecule has 0 heterocycles. The molecule has 17 heavy (non-hydrogen) atoms. The molecule has 1 unspecified atom stereocenters. The molecule has 0 spiro atoms. The standard InChI is InChI=1S/C15H26N2/c1-5-13(2)15-8-6-14(7-9-15)10-11-17(4)12-16-3/h6-9,13,16H,5,10-12H2,1-4H3. The van der Waals surface area contributed by atoms with Crippen molar-refractivity contribution in [2.75, 3.05) is 27.3 Å². The highest BCUT2D eigenvalue weighted by Gasteiger charge is 2.03. The van der Waals surface area contributed by atoms with Gasteiger partial charge in [-0.15, -0.1) is 0 Å². The number of nitrogens with one attached hydrogen (secondary N) is 1. The van der Waals surface area contributed by atoms with Crippen LogP contribution in [0.2, 0.25) is 0 Å². The Hall–Kier alpha value is -0.860. The molecule has 0 fully saturated rings. The zero-order chi connectivity index (χ0) is 12.7. The molecule has 1 N–H and O–H groups in total. The Bertz CT molecular complexity index is 305. The maximum Gasteiger partial charge on any atom is 0.0475 e. The van der Waals surface area contributed by atoms with Crippen LogP contribution in [0, 0.1) is 0 Å². The maximum atomic E-state index is 3.16. The fourth-order valence-electron chi connectivity index (χ4n) is 1.92. The lowest BCUT2D eigenvalue weighted by molar-refractivity contribution is 0.321. The Kier molecular flexibility index (Phi) is 6.23. The summed E-state index contributed by atoms with van der Waals surface area (Å²) in [6, 6.07) is 9.10. The van der Waals surface area contributed by atoms with Crippen LogP contribution in [0.25, 0.3) is 0 Å². The molecule has 0 aliphatic carbocycles. The Labute approximate surface area is 106 Å². The molecule has 96 valence electrons. The summed E-state index contributed by atoms with van der Waals surface area (Å²) in [5.41, 5.74) is 2.89. The molecule has 0 aliphatic heterocycles. The molecule has 0 saturated heterocycles. The van der Waals surface area contributed by atoms with Crippen LogP contribution in [0.1, 0.15) is 37.3 Å². The number of hydrogen-bond acceptors (Lipinski definition) is 2. The van der Waals surface area contributed by atoms with Gasteiger partial charge >= 0.3 is 0 Å². The van der Waals surface area contributed by atoms with Gasteiger partial charge in [0.1, 0.15) is 0 Å². The number of rotatable bonds is 7. The van der Waals surface area contributed by atoms with Gasteiger partial charge in [-0.3, -0.25) is 4.90 Å². The van der Waals surface area contributed by atoms with Gasteiger partial charge in [-0.1, -0.05) is 38.1 Å². The van der Waals surface area contributed by atoms with Crippen molar-refractivity contribution in [1.82, 2.24) is 10.2 Å². The largest absolute Gasteiger partial charge is 0.307 e. The highest BCUT2D eigenvalue weighted by Crippen LogP contribution is 2.18. The van der Waals surface area contributed by atoms with E-state index in [1.807, 2.05) is 7.05 Å². The zero-order valence-corrected chi connectivity index (χ0v) is 11.7. The molecule has 1 aromatic rings. The first-order chi connectivity index (χ1) is 8.17. The summed E-state index contributed by atoms with van der Waals surface area (Å²) in [4.78, 5) is 2.29. The molecule has 2 heteroatoms. The normalized spacial score (nSPS) is 13.0. The summed E-state index contributed by atoms with van der Waals surface area (Å²) in [5.74, 6) is 0.677. The molecule has 0 bridgehead atoms. The van der Waals surface area contributed by atoms with Gasteiger partial charge in [0.25, 0.3) is 0 Å². The quantitative estimate of drug-likeness (QED) is 0.730. The third-order valence-electron chi connectivity index (χ3n) is 3.37. The lowest BCUT2D eigenvalue weighted by Crippen LogP contribution is -2.30. The minimum absolute atomic E-state index is 0.677. The fraction of sp³-hybridized carbons (Fsp3) is 0.600. The van der Waals surface area contributed by atoms with E-state index in [4.69, 9.17) is 0 Å². The van der Waals surface area contributed by atoms with Gasteiger partial charge < -0.3 is 5.32 Å². The first kappa shape index (κ1) is 14.2. The Morgan fingerprint density at radius 3 is 2.41 bits per heavy atom. The average molecular weight is 234 g/mol. The predicted molar refractivity (Wildman–Crippen MR) is 75.4 cm³/mol. The zero-order valence-electron chi connectivity index (χ0n) is 11.7. The summed E-state index contributed by atoms with van der Waals surface area (Å²) >= 11 is 0. The minimum Gasteiger partial charge on any atom is -0.307 e. The maximum absolute atomic E-state index is 3.16. The van der Waals surface area contributed by atoms with E-state index >= 15 is 0 Å². The highest BCUT2D eigenvalue weighted by molar-refractivity contribution is 5.25. The second-order valence-electron chi connectivity index (χ2n) is 4.89. The Morgan fingerprint density at radius 1 is 1.24 bits per heavy atom. The fourth-order valence-corrected chi connectivity index (χ4v) is 1.92. The second-order valence-corrected chi connectivity index (χ2v) is 4.89. The van der Waals surface area contributed by atoms with E-state index in [9.17, 15) is 0 Å². The van der Waals surface area contributed by atoms with Gasteiger partial charge in [0.15, 0.2) is 0 Å². The van der Waals surface area contributed by atoms with Crippen molar-refractivity contribution in [2.24, 2.45) is 0 Å². The van der Waals surface area contributed by atoms with Crippen LogP contribution in [-0.2, 0) is 6.42 Å². The summed E-state index contributed by atoms with van der Waals surface area (Å²) in [6.07, 6.45) is 2.34. The van der Waals surface area contributed by atoms with E-state index in [0.717, 1.165) is 19.6 Å². The molecule has 1 rings (SSSR count). The Balaban J connectivity index is 2.45. The van der Waals surface area contributed by atoms with Gasteiger partial charge in [-0.05, 0) is 44.0 Å². The average Bonchev–Trinajstić information content (AvgIpc) is 2.36. The van der Waals surface area contributed by atoms with Crippen molar-refractivity contribution in [1.29, 1.82) is 0 Å². The molecule has 1 aromatic carbocycles. The van der Waals surface area contributed by atoms with Crippen LogP contribution in [0.15, 0.2) is 24.3 Å². The lowest BCUT2D eigenvalue weighted by atomic mass is 9.97. The van der Waals surface area contributed by atoms with Crippen molar-refractivity contribution in [3.63, 3.8) is 0 Å². The van der Waals surface area contributed by atoms with Crippen molar-refractivity contribution in [3.05, 3.63) is 35.4 Å². The third kappa shape index (κ3) is 4.88. The minimum atomic E-state index is 0.677. The number of hydrogen-bond donors (Lipinski definition) is 1. The topological polar surface area (TPSA) is 15.3 Å². The van der Waals surface area contributed by atoms with Crippen molar-refractivity contribution < 1.29 is 0 Å². The highest BCUT2D eigenvalue weighted by atomic mass is 15.2. The Morgan fingerprint density at radius 2 is 1.88 bits per heavy atom. The van der Waals surface area contributed by atoms with E-state index in [1.165, 1.54) is 17.5 Å². The summed E-state index contributed by atoms with van der Waals surface area (Å²) < 4.78 is 0. The molecular formula is C15H26N2. The lowest BCUT2D eigenvalue weighted by Gasteiger charge is -2.16. The van der Waals surface area contributed by atoms with E-state index in [-0.39, 0.29) is 0 Å². The van der Waals surface area contributed by atoms with Crippen molar-refractivity contribution in [3.8, 4) is 0 Å². The SMILES string of the molecule is CCC(C)c1ccc(CCN(C)CNC)cc1. The molecule has 0 radical (unpaired) electrons. The first-order valence-corrected chi connectivity index (χ1v) is 6.59. The molecule has 2 nitrogen and oxygen atoms in total. The van der Waals surface area contributed by atoms with Gasteiger partial charge in [-0.25, -0.2) is 0 Å². The summed E-state index contributed by atoms with van der Waals surface area (Å²) in [5, 5.41) is 3.16. The summed E-state index contributed by atoms with van der Waals surface area (Å²) in [6.45, 7) is 6.58. The van der Waals surface area contributed by atoms with Crippen LogP contribution >= 0.6 is 0 Å². The first-order valence-electron chi connectivity index (χ1n) is 6.59. The van der Waals surface area contributed by atoms with Crippen LogP contribution in [-0.4, -0.2) is 32.2 Å². The second kappa shape index (κ2) is 7.46. The van der Waals surface area contributed by atoms with E-state index in [2.05, 4.69) is 55.4 Å². The van der Waals surface area contributed by atoms with Crippen LogP contribution in [0.3, 0.4) is 0 Å². The van der Waals surface area contributed by atoms with E-state index in [1.54, 1.807) is 0 Å². The van der Waals surface area contributed by atoms with Gasteiger partial charge in [-0.2, -0.15) is 0 Å². The monoisotopic (exact) mass is 234 g/mol. The van der Waals surface area contributed by atoms with Gasteiger partial charge in [0, 0.05) is 13.2 Å². The summed E-state index contributed by atoms with van der Waals surface area (Å²) in [7, 11) is 4.13. The van der Waals surface area contributed by atoms with Crippen LogP contribution < -0.4 is 5.32 Å². The van der Waals surface area contributed by atoms with Gasteiger partial charge in [0.05, 0.1) is 0 Å². The van der Waals surface area contributed by atoms with Crippen LogP contribution in [0.4, 0.5) is 0 Å². The van der Waals surface area contributed by atoms with Crippen molar-refractivity contribution >= 4 is 0 Å². The van der Waals surface area contributed by atoms with Crippen LogP contribution in [0.5, 0.6) is 0 Å². The molecule has 0 saturated carbocycles. The number of likely N-dealkylation sites (N-methyl/N-ethyl adjacent to an activating group) is 1. The van der Waals surface area contributed by atoms with E-state index < -0.39 is 0 Å². The molecule has 1 atom stereocenters. The van der Waals surface area contributed by atoms with E-state index in [0.29, 0.717) is 5.92 Å². The molecular weight excluding hydrogens is 208 g/mol. The van der Waals surface area contributed by atoms with Crippen molar-refractivity contribution in [2.45, 2.75) is 32.6 Å². The smallest absolute Gasteiger partial charge is 0.0475 e. The molecule has 0 aromatic heterocycles. The van der Waals surface area contributed by atoms with Gasteiger partial charge in [0.2, 0.25) is 0 Å². The third-order valence-corrected chi connectivity index (χ3v) is 3.37. The predicted octanol–water partition coefficient (Wildman–Crippen LogP) is 2.85. The molecule has 0 amide bonds. The number of benzene rings is 1. The molecule has 0 aliphatic rings.